The van der Waals surface area contributed by atoms with Crippen LogP contribution < -0.4 is 10.3 Å². The predicted molar refractivity (Wildman–Crippen MR) is 121 cm³/mol. The summed E-state index contributed by atoms with van der Waals surface area (Å²) in [5.74, 6) is 0.733. The fraction of sp³-hybridized carbons (Fsp3) is 0.190. The van der Waals surface area contributed by atoms with E-state index < -0.39 is 6.72 Å². The highest BCUT2D eigenvalue weighted by molar-refractivity contribution is 7.85. The van der Waals surface area contributed by atoms with E-state index in [2.05, 4.69) is 15.0 Å². The predicted octanol–water partition coefficient (Wildman–Crippen LogP) is 4.95. The summed E-state index contributed by atoms with van der Waals surface area (Å²) in [5.41, 5.74) is 9.04. The summed E-state index contributed by atoms with van der Waals surface area (Å²) >= 11 is 6.12. The fourth-order valence-electron chi connectivity index (χ4n) is 3.10. The smallest absolute Gasteiger partial charge is 0.361 e. The molecule has 0 radical (unpaired) electrons. The van der Waals surface area contributed by atoms with Gasteiger partial charge < -0.3 is 19.6 Å². The summed E-state index contributed by atoms with van der Waals surface area (Å²) < 4.78 is 25.6. The number of rotatable bonds is 8. The standard InChI is InChI=1S/C21H21ClN5O3P/c1-15(11-27-13-26-19-20(23)24-12-25-21(19)27)29-14-31(22,28)30-18-9-7-17(8-10-18)16-5-3-2-4-6-16/h2-10,12-13,15H,11,14H2,1H3,(H2,23,24,25)/t15-,31?/m1/s1. The molecule has 8 nitrogen and oxygen atoms in total. The molecule has 10 heteroatoms. The third kappa shape index (κ3) is 5.22. The summed E-state index contributed by atoms with van der Waals surface area (Å²) in [7, 11) is 0. The van der Waals surface area contributed by atoms with Gasteiger partial charge in [0.05, 0.1) is 19.0 Å². The second kappa shape index (κ2) is 9.06. The molecule has 2 N–H and O–H groups in total. The van der Waals surface area contributed by atoms with Crippen molar-refractivity contribution >= 4 is 34.9 Å². The van der Waals surface area contributed by atoms with Gasteiger partial charge in [-0.3, -0.25) is 4.57 Å². The van der Waals surface area contributed by atoms with Gasteiger partial charge in [-0.15, -0.1) is 0 Å². The molecule has 0 aliphatic rings. The van der Waals surface area contributed by atoms with E-state index in [1.807, 2.05) is 49.4 Å². The molecule has 0 aliphatic carbocycles. The first kappa shape index (κ1) is 21.3. The van der Waals surface area contributed by atoms with Gasteiger partial charge in [-0.25, -0.2) is 15.0 Å². The van der Waals surface area contributed by atoms with E-state index in [1.165, 1.54) is 6.33 Å². The van der Waals surface area contributed by atoms with Crippen LogP contribution in [0.4, 0.5) is 5.82 Å². The van der Waals surface area contributed by atoms with E-state index in [1.54, 1.807) is 23.0 Å². The first-order chi connectivity index (χ1) is 14.9. The molecule has 0 spiro atoms. The molecule has 4 rings (SSSR count). The Morgan fingerprint density at radius 1 is 1.06 bits per heavy atom. The van der Waals surface area contributed by atoms with Gasteiger partial charge in [0.2, 0.25) is 0 Å². The van der Waals surface area contributed by atoms with Gasteiger partial charge in [-0.05, 0) is 41.4 Å². The van der Waals surface area contributed by atoms with Crippen molar-refractivity contribution in [1.29, 1.82) is 0 Å². The molecule has 2 aromatic carbocycles. The second-order valence-electron chi connectivity index (χ2n) is 7.01. The molecule has 0 saturated carbocycles. The van der Waals surface area contributed by atoms with E-state index in [0.717, 1.165) is 11.1 Å². The number of fused-ring (bicyclic) bond motifs is 1. The molecule has 2 heterocycles. The number of ether oxygens (including phenoxy) is 1. The number of benzene rings is 2. The average molecular weight is 458 g/mol. The fourth-order valence-corrected chi connectivity index (χ4v) is 4.43. The van der Waals surface area contributed by atoms with Crippen LogP contribution in [0.25, 0.3) is 22.3 Å². The van der Waals surface area contributed by atoms with E-state index in [4.69, 9.17) is 26.2 Å². The van der Waals surface area contributed by atoms with E-state index in [-0.39, 0.29) is 12.5 Å². The molecule has 2 atom stereocenters. The van der Waals surface area contributed by atoms with Crippen LogP contribution in [0.2, 0.25) is 0 Å². The molecule has 160 valence electrons. The highest BCUT2D eigenvalue weighted by atomic mass is 35.7. The maximum atomic E-state index is 12.7. The first-order valence-electron chi connectivity index (χ1n) is 9.58. The van der Waals surface area contributed by atoms with Gasteiger partial charge in [0.25, 0.3) is 0 Å². The highest BCUT2D eigenvalue weighted by Crippen LogP contribution is 2.52. The lowest BCUT2D eigenvalue weighted by Crippen LogP contribution is -2.17. The van der Waals surface area contributed by atoms with E-state index in [9.17, 15) is 4.57 Å². The van der Waals surface area contributed by atoms with Crippen LogP contribution in [0.15, 0.2) is 67.3 Å². The topological polar surface area (TPSA) is 105 Å². The zero-order valence-electron chi connectivity index (χ0n) is 16.8. The van der Waals surface area contributed by atoms with Crippen molar-refractivity contribution in [3.05, 3.63) is 67.3 Å². The molecule has 31 heavy (non-hydrogen) atoms. The van der Waals surface area contributed by atoms with E-state index >= 15 is 0 Å². The van der Waals surface area contributed by atoms with E-state index in [0.29, 0.717) is 29.3 Å². The van der Waals surface area contributed by atoms with Crippen molar-refractivity contribution in [1.82, 2.24) is 19.5 Å². The molecule has 4 aromatic rings. The monoisotopic (exact) mass is 457 g/mol. The van der Waals surface area contributed by atoms with Gasteiger partial charge in [0.15, 0.2) is 11.5 Å². The quantitative estimate of drug-likeness (QED) is 0.373. The minimum Gasteiger partial charge on any atom is -0.431 e. The summed E-state index contributed by atoms with van der Waals surface area (Å²) in [6.07, 6.45) is 2.44. The molecule has 0 saturated heterocycles. The number of imidazole rings is 1. The number of hydrogen-bond donors (Lipinski definition) is 1. The Bertz CT molecular complexity index is 1220. The normalized spacial score (nSPS) is 14.3. The van der Waals surface area contributed by atoms with Crippen LogP contribution in [0.3, 0.4) is 0 Å². The van der Waals surface area contributed by atoms with Crippen LogP contribution in [-0.2, 0) is 15.8 Å². The zero-order valence-corrected chi connectivity index (χ0v) is 18.4. The van der Waals surface area contributed by atoms with Gasteiger partial charge >= 0.3 is 6.72 Å². The van der Waals surface area contributed by atoms with Crippen LogP contribution >= 0.6 is 18.0 Å². The zero-order chi connectivity index (χ0) is 21.8. The van der Waals surface area contributed by atoms with Crippen LogP contribution in [0, 0.1) is 0 Å². The SMILES string of the molecule is C[C@H](Cn1cnc2c(N)ncnc21)OCP(=O)(Cl)Oc1ccc(-c2ccccc2)cc1. The number of halogens is 1. The number of nitrogens with zero attached hydrogens (tertiary/aromatic N) is 4. The van der Waals surface area contributed by atoms with Crippen molar-refractivity contribution in [2.75, 3.05) is 12.1 Å². The molecular weight excluding hydrogens is 437 g/mol. The summed E-state index contributed by atoms with van der Waals surface area (Å²) in [6, 6.07) is 17.2. The van der Waals surface area contributed by atoms with Crippen LogP contribution in [0.5, 0.6) is 5.75 Å². The molecule has 2 aromatic heterocycles. The lowest BCUT2D eigenvalue weighted by molar-refractivity contribution is 0.0844. The van der Waals surface area contributed by atoms with Crippen LogP contribution in [0.1, 0.15) is 6.92 Å². The number of nitrogens with two attached hydrogens (primary N) is 1. The second-order valence-corrected chi connectivity index (χ2v) is 10.2. The first-order valence-corrected chi connectivity index (χ1v) is 12.3. The Kier molecular flexibility index (Phi) is 6.23. The van der Waals surface area contributed by atoms with Gasteiger partial charge in [-0.2, -0.15) is 0 Å². The van der Waals surface area contributed by atoms with Crippen molar-refractivity contribution in [2.24, 2.45) is 0 Å². The molecule has 0 amide bonds. The highest BCUT2D eigenvalue weighted by Gasteiger charge is 2.23. The minimum absolute atomic E-state index is 0.236. The van der Waals surface area contributed by atoms with Gasteiger partial charge in [0.1, 0.15) is 23.9 Å². The lowest BCUT2D eigenvalue weighted by atomic mass is 10.1. The molecule has 0 fully saturated rings. The summed E-state index contributed by atoms with van der Waals surface area (Å²) in [5, 5.41) is 0. The average Bonchev–Trinajstić information content (AvgIpc) is 3.17. The number of anilines is 1. The van der Waals surface area contributed by atoms with Crippen molar-refractivity contribution in [2.45, 2.75) is 19.6 Å². The lowest BCUT2D eigenvalue weighted by Gasteiger charge is -2.17. The molecule has 0 bridgehead atoms. The maximum absolute atomic E-state index is 12.7. The Morgan fingerprint density at radius 2 is 1.77 bits per heavy atom. The molecule has 0 aliphatic heterocycles. The Labute approximate surface area is 184 Å². The van der Waals surface area contributed by atoms with Crippen molar-refractivity contribution < 1.29 is 13.8 Å². The third-order valence-electron chi connectivity index (χ3n) is 4.60. The summed E-state index contributed by atoms with van der Waals surface area (Å²) in [4.78, 5) is 12.3. The van der Waals surface area contributed by atoms with Crippen molar-refractivity contribution in [3.8, 4) is 16.9 Å². The Morgan fingerprint density at radius 3 is 2.52 bits per heavy atom. The van der Waals surface area contributed by atoms with Gasteiger partial charge in [-0.1, -0.05) is 42.5 Å². The van der Waals surface area contributed by atoms with Crippen LogP contribution in [-0.4, -0.2) is 32.0 Å². The summed E-state index contributed by atoms with van der Waals surface area (Å²) in [6.45, 7) is -1.26. The minimum atomic E-state index is -3.52. The molecule has 1 unspecified atom stereocenters. The number of nitrogen functional groups attached to an aromatic ring is 1. The van der Waals surface area contributed by atoms with Gasteiger partial charge in [0, 0.05) is 0 Å². The number of hydrogen-bond acceptors (Lipinski definition) is 7. The third-order valence-corrected chi connectivity index (χ3v) is 6.04. The Hall–Kier alpha value is -2.93. The largest absolute Gasteiger partial charge is 0.431 e. The Balaban J connectivity index is 1.34. The van der Waals surface area contributed by atoms with Crippen molar-refractivity contribution in [3.63, 3.8) is 0 Å². The molecular formula is C21H21ClN5O3P. The maximum Gasteiger partial charge on any atom is 0.361 e. The number of aromatic nitrogens is 4.